The van der Waals surface area contributed by atoms with Crippen molar-refractivity contribution in [1.82, 2.24) is 5.32 Å². The zero-order chi connectivity index (χ0) is 11.8. The Morgan fingerprint density at radius 1 is 1.12 bits per heavy atom. The molecule has 0 unspecified atom stereocenters. The first-order chi connectivity index (χ1) is 7.50. The van der Waals surface area contributed by atoms with Gasteiger partial charge in [0, 0.05) is 12.1 Å². The average Bonchev–Trinajstić information content (AvgIpc) is 2.13. The molecule has 1 aliphatic carbocycles. The van der Waals surface area contributed by atoms with E-state index in [0.717, 1.165) is 6.54 Å². The normalized spacial score (nSPS) is 18.2. The molecule has 0 aliphatic heterocycles. The molecule has 1 saturated carbocycles. The zero-order valence-corrected chi connectivity index (χ0v) is 11.0. The van der Waals surface area contributed by atoms with Gasteiger partial charge in [0.25, 0.3) is 0 Å². The fraction of sp³-hybridized carbons (Fsp3) is 0.600. The number of nitrogens with one attached hydrogen (secondary N) is 1. The highest BCUT2D eigenvalue weighted by Crippen LogP contribution is 2.31. The maximum absolute atomic E-state index is 3.71. The van der Waals surface area contributed by atoms with E-state index in [1.165, 1.54) is 41.5 Å². The molecular weight excluding hydrogens is 194 g/mol. The van der Waals surface area contributed by atoms with Crippen molar-refractivity contribution in [2.75, 3.05) is 0 Å². The molecule has 1 aromatic rings. The van der Waals surface area contributed by atoms with Crippen molar-refractivity contribution in [1.29, 1.82) is 0 Å². The van der Waals surface area contributed by atoms with Gasteiger partial charge in [-0.25, -0.2) is 0 Å². The van der Waals surface area contributed by atoms with Crippen molar-refractivity contribution in [2.24, 2.45) is 0 Å². The Morgan fingerprint density at radius 2 is 1.69 bits per heavy atom. The third-order valence-corrected chi connectivity index (χ3v) is 3.99. The summed E-state index contributed by atoms with van der Waals surface area (Å²) in [5.74, 6) is 0. The molecule has 0 amide bonds. The summed E-state index contributed by atoms with van der Waals surface area (Å²) in [7, 11) is 0. The maximum Gasteiger partial charge on any atom is 0.0215 e. The minimum atomic E-state index is 0.407. The van der Waals surface area contributed by atoms with Crippen molar-refractivity contribution in [3.63, 3.8) is 0 Å². The Morgan fingerprint density at radius 3 is 2.12 bits per heavy atom. The lowest BCUT2D eigenvalue weighted by molar-refractivity contribution is 0.206. The SMILES string of the molecule is Cc1cc(C)c(CNC2(C)CCC2)c(C)c1. The van der Waals surface area contributed by atoms with Gasteiger partial charge in [-0.2, -0.15) is 0 Å². The van der Waals surface area contributed by atoms with E-state index in [0.29, 0.717) is 5.54 Å². The van der Waals surface area contributed by atoms with Crippen LogP contribution in [0.4, 0.5) is 0 Å². The second kappa shape index (κ2) is 4.21. The fourth-order valence-corrected chi connectivity index (χ4v) is 2.67. The van der Waals surface area contributed by atoms with E-state index >= 15 is 0 Å². The van der Waals surface area contributed by atoms with Crippen LogP contribution in [0.15, 0.2) is 12.1 Å². The molecule has 1 aliphatic rings. The van der Waals surface area contributed by atoms with Crippen LogP contribution in [0.3, 0.4) is 0 Å². The first-order valence-electron chi connectivity index (χ1n) is 6.32. The largest absolute Gasteiger partial charge is 0.307 e. The quantitative estimate of drug-likeness (QED) is 0.815. The van der Waals surface area contributed by atoms with Crippen LogP contribution in [-0.2, 0) is 6.54 Å². The van der Waals surface area contributed by atoms with Gasteiger partial charge in [0.2, 0.25) is 0 Å². The molecule has 0 aromatic heterocycles. The van der Waals surface area contributed by atoms with Crippen molar-refractivity contribution in [3.05, 3.63) is 34.4 Å². The van der Waals surface area contributed by atoms with Crippen molar-refractivity contribution in [3.8, 4) is 0 Å². The Balaban J connectivity index is 2.09. The highest BCUT2D eigenvalue weighted by Gasteiger charge is 2.30. The molecule has 1 heteroatoms. The van der Waals surface area contributed by atoms with Gasteiger partial charge in [-0.15, -0.1) is 0 Å². The Hall–Kier alpha value is -0.820. The average molecular weight is 217 g/mol. The van der Waals surface area contributed by atoms with Gasteiger partial charge in [0.15, 0.2) is 0 Å². The van der Waals surface area contributed by atoms with Crippen LogP contribution in [0.1, 0.15) is 48.4 Å². The minimum Gasteiger partial charge on any atom is -0.307 e. The van der Waals surface area contributed by atoms with E-state index in [1.807, 2.05) is 0 Å². The predicted molar refractivity (Wildman–Crippen MR) is 69.7 cm³/mol. The summed E-state index contributed by atoms with van der Waals surface area (Å²) in [6.07, 6.45) is 4.04. The molecule has 1 aromatic carbocycles. The topological polar surface area (TPSA) is 12.0 Å². The molecule has 0 heterocycles. The predicted octanol–water partition coefficient (Wildman–Crippen LogP) is 3.64. The van der Waals surface area contributed by atoms with Crippen LogP contribution < -0.4 is 5.32 Å². The van der Waals surface area contributed by atoms with Crippen molar-refractivity contribution < 1.29 is 0 Å². The minimum absolute atomic E-state index is 0.407. The molecule has 0 bridgehead atoms. The molecule has 1 nitrogen and oxygen atoms in total. The summed E-state index contributed by atoms with van der Waals surface area (Å²) in [5.41, 5.74) is 6.11. The van der Waals surface area contributed by atoms with E-state index in [4.69, 9.17) is 0 Å². The third-order valence-electron chi connectivity index (χ3n) is 3.99. The highest BCUT2D eigenvalue weighted by molar-refractivity contribution is 5.37. The third kappa shape index (κ3) is 2.30. The zero-order valence-electron chi connectivity index (χ0n) is 11.0. The maximum atomic E-state index is 3.71. The summed E-state index contributed by atoms with van der Waals surface area (Å²) >= 11 is 0. The lowest BCUT2D eigenvalue weighted by Crippen LogP contribution is -2.47. The van der Waals surface area contributed by atoms with Gasteiger partial charge in [-0.3, -0.25) is 0 Å². The lowest BCUT2D eigenvalue weighted by Gasteiger charge is -2.39. The van der Waals surface area contributed by atoms with Gasteiger partial charge in [-0.05, 0) is 63.6 Å². The second-order valence-corrected chi connectivity index (χ2v) is 5.65. The van der Waals surface area contributed by atoms with E-state index in [9.17, 15) is 0 Å². The molecule has 0 atom stereocenters. The van der Waals surface area contributed by atoms with Crippen LogP contribution in [0.25, 0.3) is 0 Å². The molecular formula is C15H23N. The first kappa shape index (κ1) is 11.7. The van der Waals surface area contributed by atoms with Gasteiger partial charge >= 0.3 is 0 Å². The molecule has 0 saturated heterocycles. The number of aryl methyl sites for hydroxylation is 3. The fourth-order valence-electron chi connectivity index (χ4n) is 2.67. The van der Waals surface area contributed by atoms with Crippen LogP contribution in [-0.4, -0.2) is 5.54 Å². The van der Waals surface area contributed by atoms with Crippen LogP contribution >= 0.6 is 0 Å². The lowest BCUT2D eigenvalue weighted by atomic mass is 9.78. The summed E-state index contributed by atoms with van der Waals surface area (Å²) in [6, 6.07) is 4.57. The number of benzene rings is 1. The Kier molecular flexibility index (Phi) is 3.07. The Bertz CT molecular complexity index is 365. The number of hydrogen-bond donors (Lipinski definition) is 1. The van der Waals surface area contributed by atoms with Crippen LogP contribution in [0.2, 0.25) is 0 Å². The molecule has 88 valence electrons. The number of rotatable bonds is 3. The van der Waals surface area contributed by atoms with Crippen molar-refractivity contribution >= 4 is 0 Å². The van der Waals surface area contributed by atoms with Gasteiger partial charge in [-0.1, -0.05) is 17.7 Å². The van der Waals surface area contributed by atoms with Gasteiger partial charge < -0.3 is 5.32 Å². The highest BCUT2D eigenvalue weighted by atomic mass is 15.0. The van der Waals surface area contributed by atoms with Gasteiger partial charge in [0.1, 0.15) is 0 Å². The summed E-state index contributed by atoms with van der Waals surface area (Å²) < 4.78 is 0. The first-order valence-corrected chi connectivity index (χ1v) is 6.32. The molecule has 0 spiro atoms. The molecule has 1 N–H and O–H groups in total. The standard InChI is InChI=1S/C15H23N/c1-11-8-12(2)14(13(3)9-11)10-16-15(4)6-5-7-15/h8-9,16H,5-7,10H2,1-4H3. The monoisotopic (exact) mass is 217 g/mol. The summed E-state index contributed by atoms with van der Waals surface area (Å²) in [4.78, 5) is 0. The second-order valence-electron chi connectivity index (χ2n) is 5.65. The summed E-state index contributed by atoms with van der Waals surface area (Å²) in [5, 5.41) is 3.71. The molecule has 1 fully saturated rings. The molecule has 2 rings (SSSR count). The molecule has 0 radical (unpaired) electrons. The smallest absolute Gasteiger partial charge is 0.0215 e. The van der Waals surface area contributed by atoms with E-state index in [-0.39, 0.29) is 0 Å². The van der Waals surface area contributed by atoms with Crippen LogP contribution in [0.5, 0.6) is 0 Å². The molecule has 16 heavy (non-hydrogen) atoms. The van der Waals surface area contributed by atoms with E-state index in [1.54, 1.807) is 0 Å². The van der Waals surface area contributed by atoms with E-state index in [2.05, 4.69) is 45.1 Å². The Labute approximate surface area is 99.3 Å². The van der Waals surface area contributed by atoms with E-state index < -0.39 is 0 Å². The van der Waals surface area contributed by atoms with Crippen LogP contribution in [0, 0.1) is 20.8 Å². The number of hydrogen-bond acceptors (Lipinski definition) is 1. The van der Waals surface area contributed by atoms with Gasteiger partial charge in [0.05, 0.1) is 0 Å². The summed E-state index contributed by atoms with van der Waals surface area (Å²) in [6.45, 7) is 9.98. The van der Waals surface area contributed by atoms with Crippen molar-refractivity contribution in [2.45, 2.75) is 59.0 Å².